The van der Waals surface area contributed by atoms with Crippen LogP contribution in [0, 0.1) is 0 Å². The molecule has 0 rings (SSSR count). The molecule has 0 aromatic heterocycles. The Hall–Kier alpha value is -0.830. The number of hydrogen-bond donors (Lipinski definition) is 2. The third-order valence-electron chi connectivity index (χ3n) is 1.17. The van der Waals surface area contributed by atoms with Crippen molar-refractivity contribution in [2.24, 2.45) is 0 Å². The Morgan fingerprint density at radius 1 is 1.64 bits per heavy atom. The van der Waals surface area contributed by atoms with Crippen LogP contribution in [0.4, 0.5) is 0 Å². The highest BCUT2D eigenvalue weighted by atomic mass is 16.3. The van der Waals surface area contributed by atoms with Crippen LogP contribution in [0.25, 0.3) is 0 Å². The lowest BCUT2D eigenvalue weighted by Crippen LogP contribution is -2.27. The van der Waals surface area contributed by atoms with Gasteiger partial charge < -0.3 is 10.4 Å². The van der Waals surface area contributed by atoms with E-state index in [1.54, 1.807) is 6.92 Å². The van der Waals surface area contributed by atoms with Crippen LogP contribution in [0.1, 0.15) is 20.8 Å². The fraction of sp³-hybridized carbons (Fsp3) is 0.625. The Kier molecular flexibility index (Phi) is 4.54. The van der Waals surface area contributed by atoms with Gasteiger partial charge in [-0.15, -0.1) is 0 Å². The zero-order valence-corrected chi connectivity index (χ0v) is 7.22. The maximum Gasteiger partial charge on any atom is 0.154 e. The molecule has 2 N–H and O–H groups in total. The van der Waals surface area contributed by atoms with Gasteiger partial charge in [-0.25, -0.2) is 0 Å². The minimum absolute atomic E-state index is 0.00519. The number of hydrogen-bond acceptors (Lipinski definition) is 3. The van der Waals surface area contributed by atoms with Crippen LogP contribution in [0.3, 0.4) is 0 Å². The molecular formula is C8H15NO2. The molecule has 0 heterocycles. The number of allylic oxidation sites excluding steroid dienone is 2. The zero-order valence-electron chi connectivity index (χ0n) is 7.22. The average Bonchev–Trinajstić information content (AvgIpc) is 1.85. The van der Waals surface area contributed by atoms with Crippen molar-refractivity contribution < 1.29 is 9.90 Å². The minimum Gasteiger partial charge on any atom is -0.394 e. The van der Waals surface area contributed by atoms with Crippen molar-refractivity contribution in [1.29, 1.82) is 0 Å². The fourth-order valence-electron chi connectivity index (χ4n) is 0.781. The summed E-state index contributed by atoms with van der Waals surface area (Å²) in [6, 6.07) is 0.00519. The minimum atomic E-state index is 0.00519. The summed E-state index contributed by atoms with van der Waals surface area (Å²) in [5.41, 5.74) is 0.791. The largest absolute Gasteiger partial charge is 0.394 e. The van der Waals surface area contributed by atoms with Crippen LogP contribution < -0.4 is 5.32 Å². The van der Waals surface area contributed by atoms with Gasteiger partial charge in [0.15, 0.2) is 5.78 Å². The highest BCUT2D eigenvalue weighted by Gasteiger charge is 1.97. The van der Waals surface area contributed by atoms with E-state index < -0.39 is 0 Å². The molecule has 0 bridgehead atoms. The molecule has 0 unspecified atom stereocenters. The van der Waals surface area contributed by atoms with E-state index in [2.05, 4.69) is 5.32 Å². The van der Waals surface area contributed by atoms with Gasteiger partial charge in [-0.05, 0) is 26.8 Å². The van der Waals surface area contributed by atoms with Gasteiger partial charge in [0.05, 0.1) is 6.61 Å². The molecule has 0 aromatic rings. The van der Waals surface area contributed by atoms with Crippen molar-refractivity contribution in [2.45, 2.75) is 26.8 Å². The summed E-state index contributed by atoms with van der Waals surface area (Å²) in [4.78, 5) is 10.5. The predicted octanol–water partition coefficient (Wildman–Crippen LogP) is 0.450. The van der Waals surface area contributed by atoms with E-state index in [0.29, 0.717) is 0 Å². The van der Waals surface area contributed by atoms with Crippen molar-refractivity contribution in [3.05, 3.63) is 11.8 Å². The number of carbonyl (C=O) groups is 1. The Morgan fingerprint density at radius 3 is 2.55 bits per heavy atom. The molecule has 3 nitrogen and oxygen atoms in total. The molecule has 1 atom stereocenters. The van der Waals surface area contributed by atoms with Gasteiger partial charge in [-0.2, -0.15) is 0 Å². The summed E-state index contributed by atoms with van der Waals surface area (Å²) in [7, 11) is 0. The van der Waals surface area contributed by atoms with Crippen molar-refractivity contribution in [3.8, 4) is 0 Å². The van der Waals surface area contributed by atoms with Crippen LogP contribution in [0.15, 0.2) is 11.8 Å². The molecule has 0 aromatic carbocycles. The third-order valence-corrected chi connectivity index (χ3v) is 1.17. The normalized spacial score (nSPS) is 14.4. The van der Waals surface area contributed by atoms with Crippen molar-refractivity contribution in [3.63, 3.8) is 0 Å². The molecule has 0 aliphatic carbocycles. The smallest absolute Gasteiger partial charge is 0.154 e. The van der Waals surface area contributed by atoms with E-state index in [4.69, 9.17) is 5.11 Å². The molecule has 64 valence electrons. The maximum absolute atomic E-state index is 10.5. The summed E-state index contributed by atoms with van der Waals surface area (Å²) in [5, 5.41) is 11.6. The van der Waals surface area contributed by atoms with Gasteiger partial charge in [0, 0.05) is 11.7 Å². The summed E-state index contributed by atoms with van der Waals surface area (Å²) in [6.45, 7) is 5.21. The molecular weight excluding hydrogens is 142 g/mol. The second-order valence-electron chi connectivity index (χ2n) is 2.67. The van der Waals surface area contributed by atoms with E-state index >= 15 is 0 Å². The van der Waals surface area contributed by atoms with Gasteiger partial charge in [0.1, 0.15) is 0 Å². The SMILES string of the molecule is CC(=O)/C=C(/C)N[C@@H](C)CO. The van der Waals surface area contributed by atoms with Crippen LogP contribution >= 0.6 is 0 Å². The molecule has 0 saturated heterocycles. The molecule has 0 radical (unpaired) electrons. The molecule has 0 fully saturated rings. The van der Waals surface area contributed by atoms with Crippen molar-refractivity contribution >= 4 is 5.78 Å². The monoisotopic (exact) mass is 157 g/mol. The number of carbonyl (C=O) groups excluding carboxylic acids is 1. The molecule has 11 heavy (non-hydrogen) atoms. The highest BCUT2D eigenvalue weighted by molar-refractivity contribution is 5.87. The predicted molar refractivity (Wildman–Crippen MR) is 44.1 cm³/mol. The van der Waals surface area contributed by atoms with Crippen LogP contribution in [-0.2, 0) is 4.79 Å². The molecule has 3 heteroatoms. The van der Waals surface area contributed by atoms with E-state index in [1.165, 1.54) is 13.0 Å². The molecule has 0 aliphatic rings. The number of ketones is 1. The molecule has 0 aliphatic heterocycles. The lowest BCUT2D eigenvalue weighted by atomic mass is 10.3. The first-order valence-corrected chi connectivity index (χ1v) is 3.62. The van der Waals surface area contributed by atoms with Crippen LogP contribution in [-0.4, -0.2) is 23.5 Å². The van der Waals surface area contributed by atoms with E-state index in [1.807, 2.05) is 6.92 Å². The first-order valence-electron chi connectivity index (χ1n) is 3.62. The average molecular weight is 157 g/mol. The molecule has 0 amide bonds. The number of rotatable bonds is 4. The van der Waals surface area contributed by atoms with E-state index in [0.717, 1.165) is 5.70 Å². The van der Waals surface area contributed by atoms with Crippen LogP contribution in [0.5, 0.6) is 0 Å². The van der Waals surface area contributed by atoms with E-state index in [9.17, 15) is 4.79 Å². The second kappa shape index (κ2) is 4.91. The fourth-order valence-corrected chi connectivity index (χ4v) is 0.781. The van der Waals surface area contributed by atoms with Gasteiger partial charge in [0.25, 0.3) is 0 Å². The third kappa shape index (κ3) is 5.61. The second-order valence-corrected chi connectivity index (χ2v) is 2.67. The van der Waals surface area contributed by atoms with E-state index in [-0.39, 0.29) is 18.4 Å². The first-order chi connectivity index (χ1) is 5.06. The number of aliphatic hydroxyl groups excluding tert-OH is 1. The van der Waals surface area contributed by atoms with Gasteiger partial charge in [-0.3, -0.25) is 4.79 Å². The summed E-state index contributed by atoms with van der Waals surface area (Å²) in [5.74, 6) is 0.0140. The van der Waals surface area contributed by atoms with Gasteiger partial charge in [-0.1, -0.05) is 0 Å². The Morgan fingerprint density at radius 2 is 2.18 bits per heavy atom. The Balaban J connectivity index is 3.85. The molecule has 0 spiro atoms. The Bertz CT molecular complexity index is 163. The summed E-state index contributed by atoms with van der Waals surface area (Å²) in [6.07, 6.45) is 1.51. The standard InChI is InChI=1S/C8H15NO2/c1-6(4-8(3)11)9-7(2)5-10/h4,7,9-10H,5H2,1-3H3/b6-4-/t7-/m0/s1. The maximum atomic E-state index is 10.5. The van der Waals surface area contributed by atoms with Crippen molar-refractivity contribution in [1.82, 2.24) is 5.32 Å². The lowest BCUT2D eigenvalue weighted by Gasteiger charge is -2.11. The van der Waals surface area contributed by atoms with Gasteiger partial charge in [0.2, 0.25) is 0 Å². The lowest BCUT2D eigenvalue weighted by molar-refractivity contribution is -0.112. The zero-order chi connectivity index (χ0) is 8.85. The number of aliphatic hydroxyl groups is 1. The quantitative estimate of drug-likeness (QED) is 0.582. The topological polar surface area (TPSA) is 49.3 Å². The molecule has 0 saturated carbocycles. The Labute approximate surface area is 67.1 Å². The van der Waals surface area contributed by atoms with Crippen molar-refractivity contribution in [2.75, 3.05) is 6.61 Å². The van der Waals surface area contributed by atoms with Gasteiger partial charge >= 0.3 is 0 Å². The summed E-state index contributed by atoms with van der Waals surface area (Å²) >= 11 is 0. The summed E-state index contributed by atoms with van der Waals surface area (Å²) < 4.78 is 0. The highest BCUT2D eigenvalue weighted by Crippen LogP contribution is 1.90. The first kappa shape index (κ1) is 10.2. The van der Waals surface area contributed by atoms with Crippen LogP contribution in [0.2, 0.25) is 0 Å². The number of nitrogens with one attached hydrogen (secondary N) is 1.